The van der Waals surface area contributed by atoms with Gasteiger partial charge in [-0.3, -0.25) is 0 Å². The highest BCUT2D eigenvalue weighted by Crippen LogP contribution is 2.56. The molecule has 0 spiro atoms. The van der Waals surface area contributed by atoms with Gasteiger partial charge in [-0.2, -0.15) is 0 Å². The lowest BCUT2D eigenvalue weighted by Crippen LogP contribution is -2.16. The quantitative estimate of drug-likeness (QED) is 0.779. The molecule has 2 aromatic rings. The predicted octanol–water partition coefficient (Wildman–Crippen LogP) is 4.68. The summed E-state index contributed by atoms with van der Waals surface area (Å²) in [6.07, 6.45) is 0. The standard InChI is InChI=1S/C16H16S2/c1-13-7-9-15(10-8-13)16(17-11-12-18-16)14-5-3-2-4-6-14/h2-10H,11-12H2,1H3. The van der Waals surface area contributed by atoms with Gasteiger partial charge in [-0.05, 0) is 18.1 Å². The Hall–Kier alpha value is -0.860. The van der Waals surface area contributed by atoms with Crippen LogP contribution in [0.15, 0.2) is 54.6 Å². The fourth-order valence-corrected chi connectivity index (χ4v) is 5.63. The number of aryl methyl sites for hydroxylation is 1. The highest BCUT2D eigenvalue weighted by atomic mass is 32.2. The van der Waals surface area contributed by atoms with Crippen molar-refractivity contribution in [3.05, 3.63) is 71.3 Å². The lowest BCUT2D eigenvalue weighted by molar-refractivity contribution is 1.08. The molecule has 1 saturated heterocycles. The molecule has 0 N–H and O–H groups in total. The Labute approximate surface area is 117 Å². The molecular weight excluding hydrogens is 256 g/mol. The first-order valence-electron chi connectivity index (χ1n) is 6.22. The van der Waals surface area contributed by atoms with Crippen LogP contribution in [0.5, 0.6) is 0 Å². The van der Waals surface area contributed by atoms with E-state index in [1.54, 1.807) is 0 Å². The van der Waals surface area contributed by atoms with Crippen molar-refractivity contribution in [1.29, 1.82) is 0 Å². The molecule has 0 unspecified atom stereocenters. The first-order chi connectivity index (χ1) is 8.81. The molecule has 0 saturated carbocycles. The fraction of sp³-hybridized carbons (Fsp3) is 0.250. The molecule has 0 nitrogen and oxygen atoms in total. The molecule has 0 atom stereocenters. The summed E-state index contributed by atoms with van der Waals surface area (Å²) in [5, 5.41) is 0. The second-order valence-electron chi connectivity index (χ2n) is 4.55. The second kappa shape index (κ2) is 5.02. The third kappa shape index (κ3) is 2.08. The summed E-state index contributed by atoms with van der Waals surface area (Å²) in [5.41, 5.74) is 4.17. The molecule has 3 rings (SSSR count). The molecule has 2 heteroatoms. The third-order valence-corrected chi connectivity index (χ3v) is 6.82. The van der Waals surface area contributed by atoms with Crippen LogP contribution in [0.1, 0.15) is 16.7 Å². The zero-order valence-electron chi connectivity index (χ0n) is 10.4. The summed E-state index contributed by atoms with van der Waals surface area (Å²) in [6.45, 7) is 2.15. The van der Waals surface area contributed by atoms with E-state index >= 15 is 0 Å². The van der Waals surface area contributed by atoms with Crippen molar-refractivity contribution in [2.45, 2.75) is 11.0 Å². The molecule has 2 aromatic carbocycles. The summed E-state index contributed by atoms with van der Waals surface area (Å²) >= 11 is 4.13. The van der Waals surface area contributed by atoms with Crippen molar-refractivity contribution in [1.82, 2.24) is 0 Å². The van der Waals surface area contributed by atoms with E-state index in [1.165, 1.54) is 28.2 Å². The van der Waals surface area contributed by atoms with Gasteiger partial charge in [-0.25, -0.2) is 0 Å². The third-order valence-electron chi connectivity index (χ3n) is 3.28. The fourth-order valence-electron chi connectivity index (χ4n) is 2.34. The van der Waals surface area contributed by atoms with Crippen molar-refractivity contribution in [3.63, 3.8) is 0 Å². The highest BCUT2D eigenvalue weighted by Gasteiger charge is 2.38. The largest absolute Gasteiger partial charge is 0.134 e. The summed E-state index contributed by atoms with van der Waals surface area (Å²) in [6, 6.07) is 19.9. The van der Waals surface area contributed by atoms with Crippen LogP contribution in [0.2, 0.25) is 0 Å². The van der Waals surface area contributed by atoms with Gasteiger partial charge in [0, 0.05) is 11.5 Å². The lowest BCUT2D eigenvalue weighted by atomic mass is 10.0. The maximum Gasteiger partial charge on any atom is 0.111 e. The highest BCUT2D eigenvalue weighted by molar-refractivity contribution is 8.20. The molecule has 0 aliphatic carbocycles. The van der Waals surface area contributed by atoms with E-state index in [0.29, 0.717) is 0 Å². The molecule has 18 heavy (non-hydrogen) atoms. The van der Waals surface area contributed by atoms with Crippen LogP contribution >= 0.6 is 23.5 Å². The van der Waals surface area contributed by atoms with Crippen LogP contribution in [0.25, 0.3) is 0 Å². The first kappa shape index (κ1) is 12.2. The molecule has 1 fully saturated rings. The molecule has 1 aliphatic heterocycles. The monoisotopic (exact) mass is 272 g/mol. The van der Waals surface area contributed by atoms with Crippen molar-refractivity contribution < 1.29 is 0 Å². The molecule has 1 heterocycles. The van der Waals surface area contributed by atoms with Gasteiger partial charge in [-0.1, -0.05) is 60.2 Å². The number of benzene rings is 2. The lowest BCUT2D eigenvalue weighted by Gasteiger charge is -2.28. The van der Waals surface area contributed by atoms with Crippen LogP contribution in [0.4, 0.5) is 0 Å². The Morgan fingerprint density at radius 2 is 1.33 bits per heavy atom. The minimum atomic E-state index is 0.106. The van der Waals surface area contributed by atoms with Crippen LogP contribution < -0.4 is 0 Å². The minimum absolute atomic E-state index is 0.106. The maximum atomic E-state index is 2.29. The van der Waals surface area contributed by atoms with Gasteiger partial charge in [-0.15, -0.1) is 23.5 Å². The molecule has 0 aromatic heterocycles. The Bertz CT molecular complexity index is 511. The number of rotatable bonds is 2. The van der Waals surface area contributed by atoms with Crippen LogP contribution in [0, 0.1) is 6.92 Å². The zero-order chi connectivity index (χ0) is 12.4. The molecule has 0 bridgehead atoms. The average molecular weight is 272 g/mol. The molecule has 92 valence electrons. The van der Waals surface area contributed by atoms with Gasteiger partial charge in [0.1, 0.15) is 4.08 Å². The number of hydrogen-bond acceptors (Lipinski definition) is 2. The molecular formula is C16H16S2. The molecule has 0 radical (unpaired) electrons. The van der Waals surface area contributed by atoms with Crippen LogP contribution in [-0.4, -0.2) is 11.5 Å². The second-order valence-corrected chi connectivity index (χ2v) is 7.42. The number of thioether (sulfide) groups is 2. The summed E-state index contributed by atoms with van der Waals surface area (Å²) in [4.78, 5) is 0. The zero-order valence-corrected chi connectivity index (χ0v) is 12.1. The Kier molecular flexibility index (Phi) is 3.40. The minimum Gasteiger partial charge on any atom is -0.134 e. The SMILES string of the molecule is Cc1ccc(C2(c3ccccc3)SCCS2)cc1. The Morgan fingerprint density at radius 1 is 0.778 bits per heavy atom. The normalized spacial score (nSPS) is 17.8. The van der Waals surface area contributed by atoms with Gasteiger partial charge in [0.15, 0.2) is 0 Å². The van der Waals surface area contributed by atoms with Crippen LogP contribution in [-0.2, 0) is 4.08 Å². The van der Waals surface area contributed by atoms with Crippen molar-refractivity contribution in [2.75, 3.05) is 11.5 Å². The predicted molar refractivity (Wildman–Crippen MR) is 83.3 cm³/mol. The van der Waals surface area contributed by atoms with Gasteiger partial charge < -0.3 is 0 Å². The van der Waals surface area contributed by atoms with Crippen molar-refractivity contribution in [2.24, 2.45) is 0 Å². The summed E-state index contributed by atoms with van der Waals surface area (Å²) in [5.74, 6) is 2.46. The van der Waals surface area contributed by atoms with E-state index in [0.717, 1.165) is 0 Å². The Balaban J connectivity index is 2.10. The van der Waals surface area contributed by atoms with E-state index in [9.17, 15) is 0 Å². The summed E-state index contributed by atoms with van der Waals surface area (Å²) < 4.78 is 0.106. The molecule has 1 aliphatic rings. The van der Waals surface area contributed by atoms with Gasteiger partial charge >= 0.3 is 0 Å². The number of hydrogen-bond donors (Lipinski definition) is 0. The average Bonchev–Trinajstić information content (AvgIpc) is 2.91. The molecule has 0 amide bonds. The van der Waals surface area contributed by atoms with E-state index < -0.39 is 0 Å². The maximum absolute atomic E-state index is 2.29. The van der Waals surface area contributed by atoms with E-state index in [-0.39, 0.29) is 4.08 Å². The van der Waals surface area contributed by atoms with Crippen molar-refractivity contribution >= 4 is 23.5 Å². The van der Waals surface area contributed by atoms with E-state index in [4.69, 9.17) is 0 Å². The van der Waals surface area contributed by atoms with Gasteiger partial charge in [0.2, 0.25) is 0 Å². The van der Waals surface area contributed by atoms with E-state index in [2.05, 4.69) is 85.0 Å². The van der Waals surface area contributed by atoms with Crippen LogP contribution in [0.3, 0.4) is 0 Å². The van der Waals surface area contributed by atoms with Crippen molar-refractivity contribution in [3.8, 4) is 0 Å². The summed E-state index contributed by atoms with van der Waals surface area (Å²) in [7, 11) is 0. The first-order valence-corrected chi connectivity index (χ1v) is 8.19. The van der Waals surface area contributed by atoms with E-state index in [1.807, 2.05) is 0 Å². The topological polar surface area (TPSA) is 0 Å². The van der Waals surface area contributed by atoms with Gasteiger partial charge in [0.05, 0.1) is 0 Å². The van der Waals surface area contributed by atoms with Gasteiger partial charge in [0.25, 0.3) is 0 Å². The smallest absolute Gasteiger partial charge is 0.111 e. The Morgan fingerprint density at radius 3 is 1.94 bits per heavy atom.